The van der Waals surface area contributed by atoms with E-state index in [4.69, 9.17) is 0 Å². The number of hydrogen-bond acceptors (Lipinski definition) is 3. The van der Waals surface area contributed by atoms with E-state index in [1.165, 1.54) is 4.90 Å². The highest BCUT2D eigenvalue weighted by molar-refractivity contribution is 6.07. The third kappa shape index (κ3) is 2.06. The fraction of sp³-hybridized carbons (Fsp3) is 0.750. The first-order chi connectivity index (χ1) is 8.02. The van der Waals surface area contributed by atoms with Crippen molar-refractivity contribution in [3.8, 4) is 0 Å². The Morgan fingerprint density at radius 1 is 1.18 bits per heavy atom. The summed E-state index contributed by atoms with van der Waals surface area (Å²) in [5.74, 6) is -0.812. The Kier molecular flexibility index (Phi) is 3.17. The number of carbonyl (C=O) groups is 3. The molecular formula is C12H18N2O3. The molecule has 2 fully saturated rings. The van der Waals surface area contributed by atoms with Crippen LogP contribution in [-0.2, 0) is 14.4 Å². The van der Waals surface area contributed by atoms with Crippen molar-refractivity contribution in [1.82, 2.24) is 9.80 Å². The Bertz CT molecular complexity index is 341. The lowest BCUT2D eigenvalue weighted by molar-refractivity contribution is -0.145. The van der Waals surface area contributed by atoms with Crippen LogP contribution in [0.25, 0.3) is 0 Å². The maximum atomic E-state index is 12.0. The van der Waals surface area contributed by atoms with Gasteiger partial charge in [0, 0.05) is 14.1 Å². The van der Waals surface area contributed by atoms with E-state index in [1.807, 2.05) is 0 Å². The van der Waals surface area contributed by atoms with Gasteiger partial charge in [-0.25, -0.2) is 0 Å². The number of carbonyl (C=O) groups excluding carboxylic acids is 3. The molecule has 0 N–H and O–H groups in total. The molecule has 17 heavy (non-hydrogen) atoms. The zero-order chi connectivity index (χ0) is 12.6. The van der Waals surface area contributed by atoms with Crippen LogP contribution in [0.5, 0.6) is 0 Å². The van der Waals surface area contributed by atoms with Crippen molar-refractivity contribution in [1.29, 1.82) is 0 Å². The number of rotatable bonds is 2. The molecule has 5 heteroatoms. The van der Waals surface area contributed by atoms with Gasteiger partial charge >= 0.3 is 0 Å². The number of hydrogen-bond donors (Lipinski definition) is 0. The van der Waals surface area contributed by atoms with Gasteiger partial charge in [0.2, 0.25) is 17.7 Å². The summed E-state index contributed by atoms with van der Waals surface area (Å²) in [5.41, 5.74) is 0. The van der Waals surface area contributed by atoms with Crippen LogP contribution in [0, 0.1) is 11.8 Å². The van der Waals surface area contributed by atoms with E-state index < -0.39 is 0 Å². The molecule has 0 aromatic carbocycles. The summed E-state index contributed by atoms with van der Waals surface area (Å²) >= 11 is 0. The van der Waals surface area contributed by atoms with Crippen molar-refractivity contribution in [3.63, 3.8) is 0 Å². The van der Waals surface area contributed by atoms with Crippen LogP contribution < -0.4 is 0 Å². The Morgan fingerprint density at radius 3 is 2.06 bits per heavy atom. The topological polar surface area (TPSA) is 57.7 Å². The van der Waals surface area contributed by atoms with Crippen LogP contribution >= 0.6 is 0 Å². The summed E-state index contributed by atoms with van der Waals surface area (Å²) in [4.78, 5) is 38.2. The number of nitrogens with zero attached hydrogens (tertiary/aromatic N) is 2. The fourth-order valence-electron chi connectivity index (χ4n) is 2.66. The van der Waals surface area contributed by atoms with Gasteiger partial charge in [-0.3, -0.25) is 19.3 Å². The molecule has 0 bridgehead atoms. The molecule has 2 atom stereocenters. The first kappa shape index (κ1) is 12.1. The first-order valence-corrected chi connectivity index (χ1v) is 6.07. The summed E-state index contributed by atoms with van der Waals surface area (Å²) in [5, 5.41) is 0. The van der Waals surface area contributed by atoms with Crippen LogP contribution in [0.4, 0.5) is 0 Å². The summed E-state index contributed by atoms with van der Waals surface area (Å²) in [6, 6.07) is 0. The molecule has 1 aliphatic carbocycles. The quantitative estimate of drug-likeness (QED) is 0.648. The second kappa shape index (κ2) is 4.47. The van der Waals surface area contributed by atoms with Gasteiger partial charge in [-0.2, -0.15) is 0 Å². The van der Waals surface area contributed by atoms with Gasteiger partial charge in [-0.1, -0.05) is 12.8 Å². The highest BCUT2D eigenvalue weighted by atomic mass is 16.2. The first-order valence-electron chi connectivity index (χ1n) is 6.07. The van der Waals surface area contributed by atoms with Gasteiger partial charge in [-0.05, 0) is 12.8 Å². The van der Waals surface area contributed by atoms with Gasteiger partial charge < -0.3 is 4.90 Å². The predicted molar refractivity (Wildman–Crippen MR) is 60.9 cm³/mol. The van der Waals surface area contributed by atoms with Crippen LogP contribution in [0.1, 0.15) is 25.7 Å². The van der Waals surface area contributed by atoms with Gasteiger partial charge in [0.05, 0.1) is 11.8 Å². The van der Waals surface area contributed by atoms with E-state index in [-0.39, 0.29) is 36.1 Å². The van der Waals surface area contributed by atoms with E-state index in [9.17, 15) is 14.4 Å². The van der Waals surface area contributed by atoms with Crippen LogP contribution in [0.3, 0.4) is 0 Å². The molecule has 0 radical (unpaired) electrons. The van der Waals surface area contributed by atoms with E-state index in [2.05, 4.69) is 0 Å². The Balaban J connectivity index is 2.11. The Morgan fingerprint density at radius 2 is 1.65 bits per heavy atom. The number of likely N-dealkylation sites (tertiary alicyclic amines) is 1. The van der Waals surface area contributed by atoms with Crippen molar-refractivity contribution in [2.45, 2.75) is 25.7 Å². The van der Waals surface area contributed by atoms with E-state index >= 15 is 0 Å². The molecule has 2 aliphatic rings. The van der Waals surface area contributed by atoms with Crippen molar-refractivity contribution in [2.75, 3.05) is 20.6 Å². The van der Waals surface area contributed by atoms with E-state index in [0.29, 0.717) is 0 Å². The Hall–Kier alpha value is -1.39. The molecule has 1 aliphatic heterocycles. The molecule has 2 unspecified atom stereocenters. The lowest BCUT2D eigenvalue weighted by atomic mass is 9.81. The molecular weight excluding hydrogens is 220 g/mol. The van der Waals surface area contributed by atoms with Crippen molar-refractivity contribution in [2.24, 2.45) is 11.8 Å². The van der Waals surface area contributed by atoms with Crippen molar-refractivity contribution in [3.05, 3.63) is 0 Å². The summed E-state index contributed by atoms with van der Waals surface area (Å²) in [6.45, 7) is -0.0995. The molecule has 5 nitrogen and oxygen atoms in total. The lowest BCUT2D eigenvalue weighted by Gasteiger charge is -2.19. The number of likely N-dealkylation sites (N-methyl/N-ethyl adjacent to an activating group) is 1. The zero-order valence-corrected chi connectivity index (χ0v) is 10.3. The highest BCUT2D eigenvalue weighted by Gasteiger charge is 2.48. The van der Waals surface area contributed by atoms with Gasteiger partial charge in [-0.15, -0.1) is 0 Å². The molecule has 1 saturated heterocycles. The highest BCUT2D eigenvalue weighted by Crippen LogP contribution is 2.37. The number of fused-ring (bicyclic) bond motifs is 1. The Labute approximate surface area is 101 Å². The van der Waals surface area contributed by atoms with Gasteiger partial charge in [0.25, 0.3) is 0 Å². The SMILES string of the molecule is CN(C)C(=O)CN1C(=O)C2CCCCC2C1=O. The van der Waals surface area contributed by atoms with E-state index in [1.54, 1.807) is 14.1 Å². The molecule has 0 aromatic heterocycles. The van der Waals surface area contributed by atoms with Crippen LogP contribution in [0.2, 0.25) is 0 Å². The number of imide groups is 1. The molecule has 1 saturated carbocycles. The monoisotopic (exact) mass is 238 g/mol. The zero-order valence-electron chi connectivity index (χ0n) is 10.3. The second-order valence-corrected chi connectivity index (χ2v) is 5.05. The van der Waals surface area contributed by atoms with Crippen LogP contribution in [-0.4, -0.2) is 48.2 Å². The fourth-order valence-corrected chi connectivity index (χ4v) is 2.66. The van der Waals surface area contributed by atoms with Crippen molar-refractivity contribution < 1.29 is 14.4 Å². The molecule has 3 amide bonds. The summed E-state index contributed by atoms with van der Waals surface area (Å²) in [6.07, 6.45) is 3.61. The maximum absolute atomic E-state index is 12.0. The average Bonchev–Trinajstić information content (AvgIpc) is 2.55. The molecule has 1 heterocycles. The van der Waals surface area contributed by atoms with Crippen LogP contribution in [0.15, 0.2) is 0 Å². The molecule has 94 valence electrons. The third-order valence-corrected chi connectivity index (χ3v) is 3.72. The molecule has 2 rings (SSSR count). The molecule has 0 aromatic rings. The minimum Gasteiger partial charge on any atom is -0.347 e. The average molecular weight is 238 g/mol. The predicted octanol–water partition coefficient (Wildman–Crippen LogP) is 0.250. The largest absolute Gasteiger partial charge is 0.347 e. The lowest BCUT2D eigenvalue weighted by Crippen LogP contribution is -2.40. The maximum Gasteiger partial charge on any atom is 0.242 e. The van der Waals surface area contributed by atoms with Gasteiger partial charge in [0.1, 0.15) is 6.54 Å². The number of amides is 3. The normalized spacial score (nSPS) is 28.2. The minimum atomic E-state index is -0.203. The summed E-state index contributed by atoms with van der Waals surface area (Å²) in [7, 11) is 3.25. The standard InChI is InChI=1S/C12H18N2O3/c1-13(2)10(15)7-14-11(16)8-5-3-4-6-9(8)12(14)17/h8-9H,3-7H2,1-2H3. The van der Waals surface area contributed by atoms with E-state index in [0.717, 1.165) is 30.6 Å². The smallest absolute Gasteiger partial charge is 0.242 e. The minimum absolute atomic E-state index is 0.0995. The third-order valence-electron chi connectivity index (χ3n) is 3.72. The van der Waals surface area contributed by atoms with Crippen molar-refractivity contribution >= 4 is 17.7 Å². The molecule has 0 spiro atoms. The van der Waals surface area contributed by atoms with Gasteiger partial charge in [0.15, 0.2) is 0 Å². The summed E-state index contributed by atoms with van der Waals surface area (Å²) < 4.78 is 0. The second-order valence-electron chi connectivity index (χ2n) is 5.05.